The molecule has 0 aliphatic carbocycles. The van der Waals surface area contributed by atoms with Gasteiger partial charge in [-0.1, -0.05) is 0 Å². The fourth-order valence-electron chi connectivity index (χ4n) is 1.32. The van der Waals surface area contributed by atoms with E-state index in [1.165, 1.54) is 11.3 Å². The molecular formula is C10H7F3N2OS. The first-order valence-corrected chi connectivity index (χ1v) is 5.48. The lowest BCUT2D eigenvalue weighted by molar-refractivity contribution is -0.145. The average Bonchev–Trinajstić information content (AvgIpc) is 2.62. The molecule has 7 heteroatoms. The van der Waals surface area contributed by atoms with Crippen LogP contribution in [0.25, 0.3) is 11.3 Å². The van der Waals surface area contributed by atoms with Crippen molar-refractivity contribution in [3.05, 3.63) is 38.6 Å². The van der Waals surface area contributed by atoms with E-state index >= 15 is 0 Å². The van der Waals surface area contributed by atoms with Crippen LogP contribution in [0.2, 0.25) is 0 Å². The fraction of sp³-hybridized carbons (Fsp3) is 0.200. The molecule has 0 radical (unpaired) electrons. The SMILES string of the molecule is Cc1cc(-c2cc(=O)[nH]c(C(F)(F)F)n2)cs1. The van der Waals surface area contributed by atoms with Gasteiger partial charge in [-0.2, -0.15) is 13.2 Å². The van der Waals surface area contributed by atoms with Crippen molar-refractivity contribution in [2.75, 3.05) is 0 Å². The van der Waals surface area contributed by atoms with E-state index in [4.69, 9.17) is 0 Å². The zero-order chi connectivity index (χ0) is 12.6. The summed E-state index contributed by atoms with van der Waals surface area (Å²) in [7, 11) is 0. The number of rotatable bonds is 1. The van der Waals surface area contributed by atoms with Gasteiger partial charge in [0.2, 0.25) is 5.82 Å². The number of hydrogen-bond donors (Lipinski definition) is 1. The summed E-state index contributed by atoms with van der Waals surface area (Å²) in [4.78, 5) is 17.2. The molecule has 0 aromatic carbocycles. The number of nitrogens with one attached hydrogen (secondary N) is 1. The van der Waals surface area contributed by atoms with Crippen LogP contribution in [0.3, 0.4) is 0 Å². The van der Waals surface area contributed by atoms with Crippen LogP contribution in [0, 0.1) is 6.92 Å². The van der Waals surface area contributed by atoms with Crippen molar-refractivity contribution in [1.82, 2.24) is 9.97 Å². The average molecular weight is 260 g/mol. The number of H-pyrrole nitrogens is 1. The summed E-state index contributed by atoms with van der Waals surface area (Å²) in [6.45, 7) is 1.83. The monoisotopic (exact) mass is 260 g/mol. The molecule has 2 heterocycles. The molecule has 0 atom stereocenters. The molecule has 0 bridgehead atoms. The summed E-state index contributed by atoms with van der Waals surface area (Å²) in [5.74, 6) is -1.27. The van der Waals surface area contributed by atoms with Crippen molar-refractivity contribution < 1.29 is 13.2 Å². The van der Waals surface area contributed by atoms with Gasteiger partial charge in [0.1, 0.15) is 0 Å². The summed E-state index contributed by atoms with van der Waals surface area (Å²) in [6.07, 6.45) is -4.65. The van der Waals surface area contributed by atoms with Gasteiger partial charge >= 0.3 is 6.18 Å². The Balaban J connectivity index is 2.57. The van der Waals surface area contributed by atoms with E-state index in [2.05, 4.69) is 4.98 Å². The zero-order valence-electron chi connectivity index (χ0n) is 8.63. The van der Waals surface area contributed by atoms with Crippen LogP contribution in [0.1, 0.15) is 10.7 Å². The molecule has 90 valence electrons. The number of halogens is 3. The number of aryl methyl sites for hydroxylation is 1. The standard InChI is InChI=1S/C10H7F3N2OS/c1-5-2-6(4-17-5)7-3-8(16)15-9(14-7)10(11,12)13/h2-4H,1H3,(H,14,15,16). The molecule has 0 saturated heterocycles. The van der Waals surface area contributed by atoms with Gasteiger partial charge in [-0.25, -0.2) is 4.98 Å². The maximum atomic E-state index is 12.4. The minimum absolute atomic E-state index is 0.0328. The molecule has 2 rings (SSSR count). The maximum absolute atomic E-state index is 12.4. The third-order valence-electron chi connectivity index (χ3n) is 2.04. The predicted octanol–water partition coefficient (Wildman–Crippen LogP) is 2.83. The largest absolute Gasteiger partial charge is 0.449 e. The van der Waals surface area contributed by atoms with Crippen molar-refractivity contribution in [2.45, 2.75) is 13.1 Å². The second-order valence-electron chi connectivity index (χ2n) is 3.42. The number of thiophene rings is 1. The van der Waals surface area contributed by atoms with Gasteiger partial charge in [0.15, 0.2) is 0 Å². The van der Waals surface area contributed by atoms with E-state index in [1.54, 1.807) is 16.4 Å². The third kappa shape index (κ3) is 2.55. The van der Waals surface area contributed by atoms with Crippen LogP contribution < -0.4 is 5.56 Å². The molecule has 0 amide bonds. The molecule has 0 spiro atoms. The van der Waals surface area contributed by atoms with Crippen molar-refractivity contribution in [2.24, 2.45) is 0 Å². The molecule has 0 aliphatic rings. The van der Waals surface area contributed by atoms with E-state index in [0.29, 0.717) is 5.56 Å². The van der Waals surface area contributed by atoms with Crippen LogP contribution in [-0.2, 0) is 6.18 Å². The lowest BCUT2D eigenvalue weighted by Gasteiger charge is -2.06. The van der Waals surface area contributed by atoms with E-state index < -0.39 is 17.6 Å². The summed E-state index contributed by atoms with van der Waals surface area (Å²) >= 11 is 1.38. The molecule has 0 saturated carbocycles. The van der Waals surface area contributed by atoms with E-state index in [9.17, 15) is 18.0 Å². The van der Waals surface area contributed by atoms with Gasteiger partial charge in [0.05, 0.1) is 5.69 Å². The number of nitrogens with zero attached hydrogens (tertiary/aromatic N) is 1. The molecule has 17 heavy (non-hydrogen) atoms. The summed E-state index contributed by atoms with van der Waals surface area (Å²) in [5.41, 5.74) is -0.263. The Hall–Kier alpha value is -1.63. The third-order valence-corrected chi connectivity index (χ3v) is 2.90. The summed E-state index contributed by atoms with van der Waals surface area (Å²) < 4.78 is 37.3. The summed E-state index contributed by atoms with van der Waals surface area (Å²) in [6, 6.07) is 2.74. The van der Waals surface area contributed by atoms with Crippen LogP contribution in [0.4, 0.5) is 13.2 Å². The van der Waals surface area contributed by atoms with Crippen LogP contribution in [0.5, 0.6) is 0 Å². The first-order chi connectivity index (χ1) is 7.86. The normalized spacial score (nSPS) is 11.8. The number of aromatic nitrogens is 2. The molecule has 1 N–H and O–H groups in total. The zero-order valence-corrected chi connectivity index (χ0v) is 9.45. The first-order valence-electron chi connectivity index (χ1n) is 4.60. The lowest BCUT2D eigenvalue weighted by atomic mass is 10.2. The highest BCUT2D eigenvalue weighted by atomic mass is 32.1. The number of aromatic amines is 1. The molecule has 3 nitrogen and oxygen atoms in total. The van der Waals surface area contributed by atoms with Gasteiger partial charge in [-0.3, -0.25) is 4.79 Å². The Kier molecular flexibility index (Phi) is 2.78. The van der Waals surface area contributed by atoms with Crippen molar-refractivity contribution in [3.8, 4) is 11.3 Å². The summed E-state index contributed by atoms with van der Waals surface area (Å²) in [5, 5.41) is 1.66. The first kappa shape index (κ1) is 11.8. The minimum Gasteiger partial charge on any atom is -0.303 e. The van der Waals surface area contributed by atoms with Gasteiger partial charge in [0, 0.05) is 21.9 Å². The Labute approximate surface area is 98.0 Å². The van der Waals surface area contributed by atoms with Gasteiger partial charge < -0.3 is 4.98 Å². The van der Waals surface area contributed by atoms with E-state index in [0.717, 1.165) is 10.9 Å². The van der Waals surface area contributed by atoms with Crippen LogP contribution >= 0.6 is 11.3 Å². The Morgan fingerprint density at radius 2 is 2.06 bits per heavy atom. The van der Waals surface area contributed by atoms with Gasteiger partial charge in [-0.15, -0.1) is 11.3 Å². The second-order valence-corrected chi connectivity index (χ2v) is 4.54. The predicted molar refractivity (Wildman–Crippen MR) is 57.9 cm³/mol. The Morgan fingerprint density at radius 3 is 2.59 bits per heavy atom. The Bertz CT molecular complexity index is 600. The molecule has 0 unspecified atom stereocenters. The topological polar surface area (TPSA) is 45.8 Å². The minimum atomic E-state index is -4.65. The molecule has 2 aromatic heterocycles. The molecule has 2 aromatic rings. The smallest absolute Gasteiger partial charge is 0.303 e. The van der Waals surface area contributed by atoms with Crippen molar-refractivity contribution in [1.29, 1.82) is 0 Å². The number of hydrogen-bond acceptors (Lipinski definition) is 3. The van der Waals surface area contributed by atoms with Crippen LogP contribution in [0.15, 0.2) is 22.3 Å². The quantitative estimate of drug-likeness (QED) is 0.857. The van der Waals surface area contributed by atoms with Crippen molar-refractivity contribution in [3.63, 3.8) is 0 Å². The molecular weight excluding hydrogens is 253 g/mol. The fourth-order valence-corrected chi connectivity index (χ4v) is 2.01. The highest BCUT2D eigenvalue weighted by Gasteiger charge is 2.34. The highest BCUT2D eigenvalue weighted by Crippen LogP contribution is 2.28. The molecule has 0 fully saturated rings. The van der Waals surface area contributed by atoms with Crippen LogP contribution in [-0.4, -0.2) is 9.97 Å². The highest BCUT2D eigenvalue weighted by molar-refractivity contribution is 7.10. The molecule has 0 aliphatic heterocycles. The van der Waals surface area contributed by atoms with E-state index in [1.807, 2.05) is 6.92 Å². The number of alkyl halides is 3. The van der Waals surface area contributed by atoms with Crippen molar-refractivity contribution >= 4 is 11.3 Å². The Morgan fingerprint density at radius 1 is 1.35 bits per heavy atom. The second kappa shape index (κ2) is 3.99. The van der Waals surface area contributed by atoms with E-state index in [-0.39, 0.29) is 5.69 Å². The maximum Gasteiger partial charge on any atom is 0.449 e. The lowest BCUT2D eigenvalue weighted by Crippen LogP contribution is -2.18. The van der Waals surface area contributed by atoms with Gasteiger partial charge in [0.25, 0.3) is 5.56 Å². The van der Waals surface area contributed by atoms with Gasteiger partial charge in [-0.05, 0) is 13.0 Å².